The number of hydrogen-bond donors (Lipinski definition) is 2. The number of aromatic amines is 1. The molecule has 3 rings (SSSR count). The molecule has 10 nitrogen and oxygen atoms in total. The number of unbranched alkanes of at least 4 members (excludes halogenated alkanes) is 1. The van der Waals surface area contributed by atoms with Crippen molar-refractivity contribution < 1.29 is 14.4 Å². The molecule has 0 radical (unpaired) electrons. The minimum Gasteiger partial charge on any atom is -0.383 e. The summed E-state index contributed by atoms with van der Waals surface area (Å²) < 4.78 is 1.25. The van der Waals surface area contributed by atoms with E-state index in [2.05, 4.69) is 4.98 Å². The van der Waals surface area contributed by atoms with Crippen molar-refractivity contribution in [3.05, 3.63) is 20.8 Å². The normalized spacial score (nSPS) is 20.7. The first kappa shape index (κ1) is 23.7. The zero-order chi connectivity index (χ0) is 23.6. The number of fused-ring (bicyclic) bond motifs is 1. The van der Waals surface area contributed by atoms with Crippen LogP contribution in [0.15, 0.2) is 9.59 Å². The van der Waals surface area contributed by atoms with Gasteiger partial charge in [0, 0.05) is 13.1 Å². The minimum atomic E-state index is -0.762. The van der Waals surface area contributed by atoms with E-state index in [9.17, 15) is 24.0 Å². The van der Waals surface area contributed by atoms with E-state index in [4.69, 9.17) is 5.73 Å². The highest BCUT2D eigenvalue weighted by Gasteiger charge is 2.49. The Morgan fingerprint density at radius 2 is 1.72 bits per heavy atom. The SMILES string of the molecule is CCCCn1c(N)c(N(CC(C)C)C(=O)CN2C(=O)[C@H]3CCCC[C@@H]3C2=O)c(=O)[nH]c1=O. The summed E-state index contributed by atoms with van der Waals surface area (Å²) in [5.41, 5.74) is 4.69. The van der Waals surface area contributed by atoms with Crippen LogP contribution >= 0.6 is 0 Å². The van der Waals surface area contributed by atoms with Crippen LogP contribution in [0.5, 0.6) is 0 Å². The van der Waals surface area contributed by atoms with Gasteiger partial charge in [-0.1, -0.05) is 40.0 Å². The molecular formula is C22H33N5O5. The third-order valence-electron chi connectivity index (χ3n) is 6.29. The van der Waals surface area contributed by atoms with Crippen LogP contribution in [0.25, 0.3) is 0 Å². The lowest BCUT2D eigenvalue weighted by Gasteiger charge is -2.27. The van der Waals surface area contributed by atoms with Crippen LogP contribution in [0.2, 0.25) is 0 Å². The Morgan fingerprint density at radius 1 is 1.12 bits per heavy atom. The molecule has 2 heterocycles. The molecule has 2 aliphatic rings. The summed E-state index contributed by atoms with van der Waals surface area (Å²) in [7, 11) is 0. The van der Waals surface area contributed by atoms with Crippen molar-refractivity contribution in [1.82, 2.24) is 14.5 Å². The van der Waals surface area contributed by atoms with Gasteiger partial charge in [-0.05, 0) is 25.2 Å². The van der Waals surface area contributed by atoms with Gasteiger partial charge in [0.15, 0.2) is 5.69 Å². The van der Waals surface area contributed by atoms with Crippen LogP contribution in [-0.4, -0.2) is 45.3 Å². The van der Waals surface area contributed by atoms with Crippen molar-refractivity contribution in [2.24, 2.45) is 17.8 Å². The molecule has 1 aliphatic heterocycles. The van der Waals surface area contributed by atoms with Crippen LogP contribution in [0.3, 0.4) is 0 Å². The number of anilines is 2. The number of nitrogens with zero attached hydrogens (tertiary/aromatic N) is 3. The molecule has 0 spiro atoms. The number of carbonyl (C=O) groups excluding carboxylic acids is 3. The summed E-state index contributed by atoms with van der Waals surface area (Å²) >= 11 is 0. The average molecular weight is 448 g/mol. The molecular weight excluding hydrogens is 414 g/mol. The Kier molecular flexibility index (Phi) is 7.20. The monoisotopic (exact) mass is 447 g/mol. The van der Waals surface area contributed by atoms with Gasteiger partial charge in [0.2, 0.25) is 17.7 Å². The van der Waals surface area contributed by atoms with Crippen molar-refractivity contribution in [2.75, 3.05) is 23.7 Å². The molecule has 1 aromatic heterocycles. The van der Waals surface area contributed by atoms with Crippen molar-refractivity contribution >= 4 is 29.2 Å². The Balaban J connectivity index is 1.94. The van der Waals surface area contributed by atoms with E-state index >= 15 is 0 Å². The van der Waals surface area contributed by atoms with Gasteiger partial charge in [-0.15, -0.1) is 0 Å². The number of likely N-dealkylation sites (tertiary alicyclic amines) is 1. The lowest BCUT2D eigenvalue weighted by molar-refractivity contribution is -0.143. The third-order valence-corrected chi connectivity index (χ3v) is 6.29. The number of H-pyrrole nitrogens is 1. The zero-order valence-corrected chi connectivity index (χ0v) is 19.1. The lowest BCUT2D eigenvalue weighted by atomic mass is 9.81. The second-order valence-corrected chi connectivity index (χ2v) is 9.16. The fourth-order valence-electron chi connectivity index (χ4n) is 4.67. The Morgan fingerprint density at radius 3 is 2.25 bits per heavy atom. The summed E-state index contributed by atoms with van der Waals surface area (Å²) in [6.45, 7) is 5.73. The molecule has 1 aliphatic carbocycles. The molecule has 0 bridgehead atoms. The first-order chi connectivity index (χ1) is 15.2. The van der Waals surface area contributed by atoms with Crippen molar-refractivity contribution in [3.8, 4) is 0 Å². The molecule has 1 aromatic rings. The van der Waals surface area contributed by atoms with E-state index in [0.29, 0.717) is 25.8 Å². The van der Waals surface area contributed by atoms with Gasteiger partial charge in [0.1, 0.15) is 12.4 Å². The molecule has 2 fully saturated rings. The summed E-state index contributed by atoms with van der Waals surface area (Å²) in [5.74, 6) is -2.02. The number of nitrogens with one attached hydrogen (secondary N) is 1. The van der Waals surface area contributed by atoms with E-state index in [0.717, 1.165) is 24.2 Å². The van der Waals surface area contributed by atoms with Crippen LogP contribution < -0.4 is 21.9 Å². The molecule has 32 heavy (non-hydrogen) atoms. The predicted octanol–water partition coefficient (Wildman–Crippen LogP) is 1.08. The second-order valence-electron chi connectivity index (χ2n) is 9.16. The van der Waals surface area contributed by atoms with Crippen LogP contribution in [0.4, 0.5) is 11.5 Å². The summed E-state index contributed by atoms with van der Waals surface area (Å²) in [4.78, 5) is 68.4. The number of hydrogen-bond acceptors (Lipinski definition) is 6. The highest BCUT2D eigenvalue weighted by Crippen LogP contribution is 2.38. The van der Waals surface area contributed by atoms with Gasteiger partial charge in [0.25, 0.3) is 5.56 Å². The smallest absolute Gasteiger partial charge is 0.330 e. The lowest BCUT2D eigenvalue weighted by Crippen LogP contribution is -2.47. The van der Waals surface area contributed by atoms with Crippen molar-refractivity contribution in [1.29, 1.82) is 0 Å². The maximum atomic E-state index is 13.3. The zero-order valence-electron chi connectivity index (χ0n) is 19.1. The summed E-state index contributed by atoms with van der Waals surface area (Å²) in [6.07, 6.45) is 4.60. The number of nitrogens with two attached hydrogens (primary N) is 1. The van der Waals surface area contributed by atoms with Crippen molar-refractivity contribution in [3.63, 3.8) is 0 Å². The Labute approximate surface area is 186 Å². The highest BCUT2D eigenvalue weighted by molar-refractivity contribution is 6.09. The maximum absolute atomic E-state index is 13.3. The summed E-state index contributed by atoms with van der Waals surface area (Å²) in [5, 5.41) is 0. The molecule has 3 amide bonds. The standard InChI is InChI=1S/C22H33N5O5/c1-4-5-10-25-18(23)17(19(29)24-22(25)32)26(11-13(2)3)16(28)12-27-20(30)14-8-6-7-9-15(14)21(27)31/h13-15H,4-12,23H2,1-3H3,(H,24,29,32)/t14-,15-/m0/s1. The van der Waals surface area contributed by atoms with Gasteiger partial charge in [-0.2, -0.15) is 0 Å². The largest absolute Gasteiger partial charge is 0.383 e. The van der Waals surface area contributed by atoms with Crippen LogP contribution in [-0.2, 0) is 20.9 Å². The fourth-order valence-corrected chi connectivity index (χ4v) is 4.67. The number of rotatable bonds is 8. The molecule has 176 valence electrons. The average Bonchev–Trinajstić information content (AvgIpc) is 2.97. The van der Waals surface area contributed by atoms with Gasteiger partial charge >= 0.3 is 5.69 Å². The van der Waals surface area contributed by atoms with Crippen molar-refractivity contribution in [2.45, 2.75) is 65.8 Å². The topological polar surface area (TPSA) is 139 Å². The number of amides is 3. The van der Waals surface area contributed by atoms with Crippen LogP contribution in [0, 0.1) is 17.8 Å². The van der Waals surface area contributed by atoms with E-state index in [-0.39, 0.29) is 47.6 Å². The summed E-state index contributed by atoms with van der Waals surface area (Å²) in [6, 6.07) is 0. The Bertz CT molecular complexity index is 987. The maximum Gasteiger partial charge on any atom is 0.330 e. The first-order valence-electron chi connectivity index (χ1n) is 11.5. The van der Waals surface area contributed by atoms with Gasteiger partial charge in [-0.25, -0.2) is 4.79 Å². The second kappa shape index (κ2) is 9.70. The van der Waals surface area contributed by atoms with E-state index in [1.54, 1.807) is 0 Å². The highest BCUT2D eigenvalue weighted by atomic mass is 16.2. The number of imide groups is 1. The van der Waals surface area contributed by atoms with E-state index < -0.39 is 23.7 Å². The number of aromatic nitrogens is 2. The van der Waals surface area contributed by atoms with E-state index in [1.807, 2.05) is 20.8 Å². The molecule has 2 atom stereocenters. The van der Waals surface area contributed by atoms with E-state index in [1.165, 1.54) is 9.47 Å². The molecule has 1 saturated heterocycles. The molecule has 1 saturated carbocycles. The molecule has 0 unspecified atom stereocenters. The molecule has 3 N–H and O–H groups in total. The first-order valence-corrected chi connectivity index (χ1v) is 11.5. The Hall–Kier alpha value is -2.91. The van der Waals surface area contributed by atoms with Gasteiger partial charge < -0.3 is 10.6 Å². The fraction of sp³-hybridized carbons (Fsp3) is 0.682. The predicted molar refractivity (Wildman–Crippen MR) is 120 cm³/mol. The van der Waals surface area contributed by atoms with Gasteiger partial charge in [-0.3, -0.25) is 33.6 Å². The minimum absolute atomic E-state index is 0.0265. The van der Waals surface area contributed by atoms with Crippen LogP contribution in [0.1, 0.15) is 59.3 Å². The number of nitrogen functional groups attached to an aromatic ring is 1. The molecule has 10 heteroatoms. The third kappa shape index (κ3) is 4.49. The number of carbonyl (C=O) groups is 3. The quantitative estimate of drug-likeness (QED) is 0.572. The van der Waals surface area contributed by atoms with Gasteiger partial charge in [0.05, 0.1) is 11.8 Å². The molecule has 0 aromatic carbocycles.